The summed E-state index contributed by atoms with van der Waals surface area (Å²) in [6.07, 6.45) is 17.2. The van der Waals surface area contributed by atoms with Crippen LogP contribution in [0.2, 0.25) is 0 Å². The molecule has 5 aliphatic rings. The van der Waals surface area contributed by atoms with Gasteiger partial charge >= 0.3 is 0 Å². The summed E-state index contributed by atoms with van der Waals surface area (Å²) in [5, 5.41) is 0. The highest BCUT2D eigenvalue weighted by molar-refractivity contribution is 5.46. The second-order valence-electron chi connectivity index (χ2n) is 8.21. The van der Waals surface area contributed by atoms with E-state index in [9.17, 15) is 0 Å². The highest BCUT2D eigenvalue weighted by atomic mass is 14.6. The van der Waals surface area contributed by atoms with Crippen LogP contribution in [0, 0.1) is 28.6 Å². The second kappa shape index (κ2) is 3.65. The van der Waals surface area contributed by atoms with E-state index in [1.54, 1.807) is 11.1 Å². The van der Waals surface area contributed by atoms with Gasteiger partial charge in [-0.05, 0) is 71.8 Å². The lowest BCUT2D eigenvalue weighted by atomic mass is 9.51. The number of hydrogen-bond acceptors (Lipinski definition) is 0. The van der Waals surface area contributed by atoms with Crippen LogP contribution in [0.4, 0.5) is 0 Å². The Morgan fingerprint density at radius 2 is 1.89 bits per heavy atom. The number of hydrogen-bond donors (Lipinski definition) is 0. The van der Waals surface area contributed by atoms with Gasteiger partial charge in [-0.25, -0.2) is 0 Å². The van der Waals surface area contributed by atoms with Crippen molar-refractivity contribution in [3.63, 3.8) is 0 Å². The fraction of sp³-hybridized carbons (Fsp3) is 0.684. The number of rotatable bonds is 1. The first-order valence-electron chi connectivity index (χ1n) is 8.11. The van der Waals surface area contributed by atoms with Crippen LogP contribution in [0.25, 0.3) is 0 Å². The fourth-order valence-electron chi connectivity index (χ4n) is 5.67. The van der Waals surface area contributed by atoms with Crippen molar-refractivity contribution >= 4 is 0 Å². The van der Waals surface area contributed by atoms with Gasteiger partial charge in [-0.3, -0.25) is 0 Å². The normalized spacial score (nSPS) is 46.2. The topological polar surface area (TPSA) is 0 Å². The van der Waals surface area contributed by atoms with Gasteiger partial charge in [-0.15, -0.1) is 0 Å². The summed E-state index contributed by atoms with van der Waals surface area (Å²) in [7, 11) is 0. The van der Waals surface area contributed by atoms with E-state index in [4.69, 9.17) is 0 Å². The molecule has 0 saturated heterocycles. The van der Waals surface area contributed by atoms with Crippen molar-refractivity contribution in [1.82, 2.24) is 0 Å². The summed E-state index contributed by atoms with van der Waals surface area (Å²) in [4.78, 5) is 0. The Hall–Kier alpha value is -0.780. The smallest absolute Gasteiger partial charge is 0.00328 e. The minimum absolute atomic E-state index is 0.343. The summed E-state index contributed by atoms with van der Waals surface area (Å²) >= 11 is 0. The van der Waals surface area contributed by atoms with E-state index in [2.05, 4.69) is 45.1 Å². The molecule has 2 bridgehead atoms. The zero-order valence-electron chi connectivity index (χ0n) is 12.6. The van der Waals surface area contributed by atoms with Gasteiger partial charge in [0.2, 0.25) is 0 Å². The lowest BCUT2D eigenvalue weighted by Crippen LogP contribution is -2.44. The summed E-state index contributed by atoms with van der Waals surface area (Å²) < 4.78 is 0. The van der Waals surface area contributed by atoms with Crippen LogP contribution in [0.1, 0.15) is 52.9 Å². The molecular weight excluding hydrogens is 228 g/mol. The molecule has 0 aromatic rings. The minimum atomic E-state index is 0.343. The molecule has 102 valence electrons. The van der Waals surface area contributed by atoms with Crippen LogP contribution in [-0.2, 0) is 0 Å². The van der Waals surface area contributed by atoms with Crippen molar-refractivity contribution in [3.8, 4) is 0 Å². The van der Waals surface area contributed by atoms with Crippen molar-refractivity contribution in [3.05, 3.63) is 35.5 Å². The van der Waals surface area contributed by atoms with Crippen LogP contribution in [0.3, 0.4) is 0 Å². The largest absolute Gasteiger partial charge is 0.0811 e. The molecule has 0 aromatic carbocycles. The minimum Gasteiger partial charge on any atom is -0.0811 e. The van der Waals surface area contributed by atoms with Crippen LogP contribution in [0.15, 0.2) is 35.5 Å². The fourth-order valence-corrected chi connectivity index (χ4v) is 5.67. The average Bonchev–Trinajstić information content (AvgIpc) is 2.88. The van der Waals surface area contributed by atoms with Gasteiger partial charge in [0, 0.05) is 0 Å². The predicted molar refractivity (Wildman–Crippen MR) is 80.7 cm³/mol. The standard InChI is InChI=1S/C19H26/c1-13-4-6-16-15(10-13)5-7-17(18(16,2)3)19-9-8-14(11-19)12-19/h4-7,13-14,17H,8-12H2,1-3H3. The maximum absolute atomic E-state index is 2.59. The van der Waals surface area contributed by atoms with Gasteiger partial charge in [0.1, 0.15) is 0 Å². The molecule has 0 heteroatoms. The van der Waals surface area contributed by atoms with E-state index in [0.29, 0.717) is 16.7 Å². The Bertz CT molecular complexity index is 489. The molecule has 0 nitrogen and oxygen atoms in total. The summed E-state index contributed by atoms with van der Waals surface area (Å²) in [6, 6.07) is 0. The molecule has 2 atom stereocenters. The SMILES string of the molecule is CC1C=CC2=C(C=CC(C34CCC(C3)C4)C2(C)C)C1. The zero-order valence-corrected chi connectivity index (χ0v) is 12.6. The quantitative estimate of drug-likeness (QED) is 0.597. The van der Waals surface area contributed by atoms with Gasteiger partial charge in [-0.1, -0.05) is 45.1 Å². The molecule has 2 unspecified atom stereocenters. The molecule has 0 amide bonds. The molecule has 19 heavy (non-hydrogen) atoms. The van der Waals surface area contributed by atoms with Gasteiger partial charge in [-0.2, -0.15) is 0 Å². The third-order valence-corrected chi connectivity index (χ3v) is 6.54. The van der Waals surface area contributed by atoms with E-state index in [1.807, 2.05) is 0 Å². The molecule has 0 heterocycles. The maximum atomic E-state index is 2.59. The van der Waals surface area contributed by atoms with E-state index >= 15 is 0 Å². The lowest BCUT2D eigenvalue weighted by molar-refractivity contribution is 0.0323. The van der Waals surface area contributed by atoms with E-state index in [-0.39, 0.29) is 0 Å². The average molecular weight is 254 g/mol. The first-order chi connectivity index (χ1) is 9.01. The highest BCUT2D eigenvalue weighted by Gasteiger charge is 2.58. The number of fused-ring (bicyclic) bond motifs is 1. The van der Waals surface area contributed by atoms with Crippen LogP contribution in [0.5, 0.6) is 0 Å². The molecule has 0 radical (unpaired) electrons. The van der Waals surface area contributed by atoms with Gasteiger partial charge in [0.05, 0.1) is 0 Å². The Balaban J connectivity index is 1.71. The molecule has 0 spiro atoms. The molecule has 0 aliphatic heterocycles. The summed E-state index contributed by atoms with van der Waals surface area (Å²) in [6.45, 7) is 7.33. The molecule has 3 fully saturated rings. The number of allylic oxidation sites excluding steroid dienone is 6. The predicted octanol–water partition coefficient (Wildman–Crippen LogP) is 5.28. The van der Waals surface area contributed by atoms with E-state index in [1.165, 1.54) is 32.1 Å². The lowest BCUT2D eigenvalue weighted by Gasteiger charge is -2.53. The van der Waals surface area contributed by atoms with Gasteiger partial charge < -0.3 is 0 Å². The second-order valence-corrected chi connectivity index (χ2v) is 8.21. The van der Waals surface area contributed by atoms with Crippen LogP contribution < -0.4 is 0 Å². The summed E-state index contributed by atoms with van der Waals surface area (Å²) in [5.74, 6) is 2.56. The monoisotopic (exact) mass is 254 g/mol. The van der Waals surface area contributed by atoms with E-state index < -0.39 is 0 Å². The third kappa shape index (κ3) is 1.52. The van der Waals surface area contributed by atoms with Crippen molar-refractivity contribution < 1.29 is 0 Å². The third-order valence-electron chi connectivity index (χ3n) is 6.54. The Kier molecular flexibility index (Phi) is 2.31. The molecule has 5 aliphatic carbocycles. The van der Waals surface area contributed by atoms with Crippen molar-refractivity contribution in [2.24, 2.45) is 28.6 Å². The Morgan fingerprint density at radius 3 is 2.58 bits per heavy atom. The molecule has 0 aromatic heterocycles. The van der Waals surface area contributed by atoms with Crippen molar-refractivity contribution in [2.45, 2.75) is 52.9 Å². The molecule has 5 rings (SSSR count). The first-order valence-corrected chi connectivity index (χ1v) is 8.11. The first kappa shape index (κ1) is 12.0. The zero-order chi connectivity index (χ0) is 13.3. The van der Waals surface area contributed by atoms with Crippen molar-refractivity contribution in [1.29, 1.82) is 0 Å². The highest BCUT2D eigenvalue weighted by Crippen LogP contribution is 2.68. The maximum Gasteiger partial charge on any atom is -0.00328 e. The molecule has 0 N–H and O–H groups in total. The van der Waals surface area contributed by atoms with Crippen LogP contribution in [-0.4, -0.2) is 0 Å². The van der Waals surface area contributed by atoms with Gasteiger partial charge in [0.25, 0.3) is 0 Å². The Morgan fingerprint density at radius 1 is 1.11 bits per heavy atom. The molecular formula is C19H26. The van der Waals surface area contributed by atoms with Crippen molar-refractivity contribution in [2.75, 3.05) is 0 Å². The van der Waals surface area contributed by atoms with E-state index in [0.717, 1.165) is 11.8 Å². The molecule has 3 saturated carbocycles. The van der Waals surface area contributed by atoms with Gasteiger partial charge in [0.15, 0.2) is 0 Å². The summed E-state index contributed by atoms with van der Waals surface area (Å²) in [5.41, 5.74) is 4.26. The van der Waals surface area contributed by atoms with Crippen LogP contribution >= 0.6 is 0 Å². The Labute approximate surface area is 117 Å².